The molecule has 0 unspecified atom stereocenters. The van der Waals surface area contributed by atoms with Crippen LogP contribution < -0.4 is 0 Å². The van der Waals surface area contributed by atoms with Crippen molar-refractivity contribution in [1.29, 1.82) is 0 Å². The second-order valence-electron chi connectivity index (χ2n) is 37.2. The maximum absolute atomic E-state index is 4.89. The van der Waals surface area contributed by atoms with E-state index in [2.05, 4.69) is 331 Å². The Morgan fingerprint density at radius 3 is 0.454 bits per heavy atom. The minimum absolute atomic E-state index is 0. The maximum atomic E-state index is 4.89. The largest absolute Gasteiger partial charge is 3.00 e. The van der Waals surface area contributed by atoms with Crippen molar-refractivity contribution in [3.63, 3.8) is 0 Å². The quantitative estimate of drug-likeness (QED) is 0.110. The fourth-order valence-electron chi connectivity index (χ4n) is 16.2. The fourth-order valence-corrected chi connectivity index (χ4v) is 16.2. The van der Waals surface area contributed by atoms with Crippen LogP contribution in [0.5, 0.6) is 0 Å². The maximum Gasteiger partial charge on any atom is 3.00 e. The van der Waals surface area contributed by atoms with Gasteiger partial charge in [-0.1, -0.05) is 0 Å². The molecule has 0 N–H and O–H groups in total. The average molecular weight is 2020 g/mol. The molecule has 0 atom stereocenters. The first kappa shape index (κ1) is 110. The van der Waals surface area contributed by atoms with Crippen LogP contribution in [0.15, 0.2) is 147 Å². The SMILES string of the molecule is Cc1cc(C)n(-c2cc(C)c(C)c(-c3nccc(C)c3C)n2)n1.Cc1cc(C)n(-c2cc(C)c(C)c(-c3nccc(C)c3C)n2)n1.Cc1ccnc(-c2nc(-n3ncc(C)c3C)cc(C)c2C)c1C.Cc1ccnc(-c2nc(-n3ncc(C)c3C)cc(C)c2C)c1C.Cc1ccnc(-c2nc(-n3ncc(C)c3C)cc(C)c2C)c1C.Cc1ccnc(-c2nc(-n3ncc(C)c3C)cc(C)c2C)c1C.[Co+2].[Co+2].[Co+3]. The standard InChI is InChI=1S/6C19H22N4.3Co/c4*1-11-7-8-20-18(14(11)4)19-15(5)12(2)9-17(22-19)23-16(6)13(3)10-21-23;2*1-11-7-8-20-18(15(11)5)19-16(6)12(2)9-17(21-19)23-14(4)10-13(3)22-23;;;/h6*7-10H,1-6H3;;;/q;;;;;;2*+2;+3. The van der Waals surface area contributed by atoms with E-state index in [9.17, 15) is 0 Å². The van der Waals surface area contributed by atoms with Crippen LogP contribution in [0.25, 0.3) is 103 Å². The molecule has 0 aliphatic heterocycles. The first-order valence-electron chi connectivity index (χ1n) is 46.9. The molecular formula is C114H132Co3N24+7. The predicted molar refractivity (Wildman–Crippen MR) is 558 cm³/mol. The molecule has 0 aliphatic carbocycles. The van der Waals surface area contributed by atoms with Crippen LogP contribution in [-0.4, -0.2) is 118 Å². The van der Waals surface area contributed by atoms with Gasteiger partial charge in [0.05, 0.1) is 105 Å². The molecule has 0 aliphatic rings. The molecule has 27 heteroatoms. The summed E-state index contributed by atoms with van der Waals surface area (Å²) in [4.78, 5) is 56.8. The summed E-state index contributed by atoms with van der Waals surface area (Å²) in [6.45, 7) is 75.1. The summed E-state index contributed by atoms with van der Waals surface area (Å²) >= 11 is 0. The average Bonchev–Trinajstić information content (AvgIpc) is 1.74. The molecule has 0 fully saturated rings. The van der Waals surface area contributed by atoms with Gasteiger partial charge < -0.3 is 0 Å². The van der Waals surface area contributed by atoms with Crippen molar-refractivity contribution in [2.45, 2.75) is 249 Å². The monoisotopic (exact) mass is 2010 g/mol. The van der Waals surface area contributed by atoms with Gasteiger partial charge in [-0.15, -0.1) is 0 Å². The van der Waals surface area contributed by atoms with Crippen LogP contribution in [-0.2, 0) is 50.3 Å². The zero-order chi connectivity index (χ0) is 100. The number of aryl methyl sites for hydroxylation is 20. The van der Waals surface area contributed by atoms with E-state index in [0.29, 0.717) is 0 Å². The van der Waals surface area contributed by atoms with Gasteiger partial charge in [0.1, 0.15) is 0 Å². The van der Waals surface area contributed by atoms with Crippen LogP contribution in [0.2, 0.25) is 0 Å². The van der Waals surface area contributed by atoms with Crippen molar-refractivity contribution in [3.05, 3.63) is 348 Å². The van der Waals surface area contributed by atoms with Crippen molar-refractivity contribution in [1.82, 2.24) is 118 Å². The summed E-state index contributed by atoms with van der Waals surface area (Å²) in [6.07, 6.45) is 18.6. The van der Waals surface area contributed by atoms with Crippen LogP contribution >= 0.6 is 0 Å². The second-order valence-corrected chi connectivity index (χ2v) is 37.2. The van der Waals surface area contributed by atoms with E-state index in [1.807, 2.05) is 154 Å². The third kappa shape index (κ3) is 23.3. The summed E-state index contributed by atoms with van der Waals surface area (Å²) in [5.74, 6) is 5.06. The van der Waals surface area contributed by atoms with Gasteiger partial charge in [-0.25, -0.2) is 58.0 Å². The zero-order valence-electron chi connectivity index (χ0n) is 88.6. The van der Waals surface area contributed by atoms with E-state index in [4.69, 9.17) is 29.9 Å². The van der Waals surface area contributed by atoms with E-state index >= 15 is 0 Å². The van der Waals surface area contributed by atoms with Crippen LogP contribution in [0.1, 0.15) is 201 Å². The Balaban J connectivity index is 0.000000173. The number of rotatable bonds is 12. The summed E-state index contributed by atoms with van der Waals surface area (Å²) in [5, 5.41) is 27.0. The van der Waals surface area contributed by atoms with Gasteiger partial charge in [0.25, 0.3) is 0 Å². The topological polar surface area (TPSA) is 262 Å². The van der Waals surface area contributed by atoms with Gasteiger partial charge in [0, 0.05) is 71.3 Å². The van der Waals surface area contributed by atoms with E-state index in [1.54, 1.807) is 0 Å². The Labute approximate surface area is 863 Å². The van der Waals surface area contributed by atoms with Gasteiger partial charge in [0.15, 0.2) is 34.9 Å². The van der Waals surface area contributed by atoms with Crippen molar-refractivity contribution in [2.24, 2.45) is 0 Å². The molecule has 0 amide bonds. The number of pyridine rings is 12. The van der Waals surface area contributed by atoms with Gasteiger partial charge in [-0.3, -0.25) is 29.9 Å². The zero-order valence-corrected chi connectivity index (χ0v) is 91.7. The van der Waals surface area contributed by atoms with Gasteiger partial charge in [-0.05, 0) is 490 Å². The number of hydrogen-bond acceptors (Lipinski definition) is 18. The summed E-state index contributed by atoms with van der Waals surface area (Å²) < 4.78 is 11.4. The van der Waals surface area contributed by atoms with E-state index < -0.39 is 0 Å². The molecule has 0 saturated carbocycles. The Hall–Kier alpha value is -13.4. The molecule has 0 aromatic carbocycles. The number of hydrogen-bond donors (Lipinski definition) is 0. The Morgan fingerprint density at radius 2 is 0.319 bits per heavy atom. The molecule has 18 heterocycles. The van der Waals surface area contributed by atoms with Crippen LogP contribution in [0.4, 0.5) is 0 Å². The number of nitrogens with zero attached hydrogens (tertiary/aromatic N) is 24. The molecular weight excluding hydrogens is 1880 g/mol. The minimum Gasteiger partial charge on any atom is -0.254 e. The Kier molecular flexibility index (Phi) is 35.7. The summed E-state index contributed by atoms with van der Waals surface area (Å²) in [6, 6.07) is 28.8. The first-order chi connectivity index (χ1) is 65.3. The van der Waals surface area contributed by atoms with E-state index in [-0.39, 0.29) is 50.3 Å². The molecule has 728 valence electrons. The van der Waals surface area contributed by atoms with Gasteiger partial charge in [0.2, 0.25) is 0 Å². The van der Waals surface area contributed by atoms with Crippen molar-refractivity contribution in [3.8, 4) is 103 Å². The molecule has 0 spiro atoms. The molecule has 18 aromatic heterocycles. The van der Waals surface area contributed by atoms with E-state index in [0.717, 1.165) is 204 Å². The third-order valence-corrected chi connectivity index (χ3v) is 27.6. The van der Waals surface area contributed by atoms with Crippen molar-refractivity contribution >= 4 is 0 Å². The third-order valence-electron chi connectivity index (χ3n) is 27.6. The Morgan fingerprint density at radius 1 is 0.170 bits per heavy atom. The van der Waals surface area contributed by atoms with Crippen molar-refractivity contribution in [2.75, 3.05) is 0 Å². The number of aromatic nitrogens is 24. The second kappa shape index (κ2) is 45.9. The van der Waals surface area contributed by atoms with Gasteiger partial charge in [-0.2, -0.15) is 30.6 Å². The smallest absolute Gasteiger partial charge is 0.254 e. The first-order valence-corrected chi connectivity index (χ1v) is 46.9. The molecule has 0 saturated heterocycles. The van der Waals surface area contributed by atoms with Crippen LogP contribution in [0.3, 0.4) is 0 Å². The minimum atomic E-state index is 0. The predicted octanol–water partition coefficient (Wildman–Crippen LogP) is 25.1. The Bertz CT molecular complexity index is 6640. The normalized spacial score (nSPS) is 10.8. The van der Waals surface area contributed by atoms with Crippen LogP contribution in [0, 0.1) is 249 Å². The molecule has 18 rings (SSSR count). The molecule has 141 heavy (non-hydrogen) atoms. The molecule has 0 bridgehead atoms. The van der Waals surface area contributed by atoms with E-state index in [1.165, 1.54) is 100 Å². The summed E-state index contributed by atoms with van der Waals surface area (Å²) in [7, 11) is 0. The van der Waals surface area contributed by atoms with Crippen molar-refractivity contribution < 1.29 is 50.3 Å². The summed E-state index contributed by atoms with van der Waals surface area (Å²) in [5.41, 5.74) is 53.2. The molecule has 2 radical (unpaired) electrons. The fraction of sp³-hybridized carbons (Fsp3) is 0.316. The van der Waals surface area contributed by atoms with Gasteiger partial charge >= 0.3 is 50.3 Å². The molecule has 24 nitrogen and oxygen atoms in total. The molecule has 18 aromatic rings.